The van der Waals surface area contributed by atoms with Crippen LogP contribution in [0.3, 0.4) is 0 Å². The Labute approximate surface area is 260 Å². The summed E-state index contributed by atoms with van der Waals surface area (Å²) in [6.07, 6.45) is 8.94. The molecule has 0 unspecified atom stereocenters. The van der Waals surface area contributed by atoms with Crippen molar-refractivity contribution in [1.82, 2.24) is 29.8 Å². The van der Waals surface area contributed by atoms with Crippen molar-refractivity contribution in [2.75, 3.05) is 19.3 Å². The Bertz CT molecular complexity index is 1720. The summed E-state index contributed by atoms with van der Waals surface area (Å²) in [5.74, 6) is 1.09. The standard InChI is InChI=1S/C31H37N9O3S/c1-4-5-8-19-27(38-43-28(19)18-9-6-11-23-26(18)20(16-32)30(34)44-23)31-35-24(40-14-12-21(37-40)29(33)41)15-25(36-31)42-17(2)22-10-7-13-39(22)3/h12,14-15,17-18,22H,4-11,13,34H2,1-3H3,(H2,33,41)/t17-,18-,22-/m0/s1. The van der Waals surface area contributed by atoms with Gasteiger partial charge in [0.1, 0.15) is 28.6 Å². The number of anilines is 1. The lowest BCUT2D eigenvalue weighted by Crippen LogP contribution is -2.38. The quantitative estimate of drug-likeness (QED) is 0.256. The van der Waals surface area contributed by atoms with E-state index in [0.29, 0.717) is 40.2 Å². The summed E-state index contributed by atoms with van der Waals surface area (Å²) in [7, 11) is 2.11. The van der Waals surface area contributed by atoms with Crippen LogP contribution in [0.1, 0.15) is 96.1 Å². The summed E-state index contributed by atoms with van der Waals surface area (Å²) >= 11 is 1.49. The Morgan fingerprint density at radius 1 is 1.32 bits per heavy atom. The molecule has 2 aliphatic rings. The van der Waals surface area contributed by atoms with Crippen LogP contribution in [0.25, 0.3) is 17.3 Å². The number of carbonyl (C=O) groups excluding carboxylic acids is 1. The maximum Gasteiger partial charge on any atom is 0.269 e. The fourth-order valence-corrected chi connectivity index (χ4v) is 7.62. The number of aromatic nitrogens is 5. The number of ether oxygens (including phenoxy) is 1. The van der Waals surface area contributed by atoms with Crippen LogP contribution in [0.5, 0.6) is 5.88 Å². The van der Waals surface area contributed by atoms with Gasteiger partial charge in [-0.1, -0.05) is 18.5 Å². The first-order chi connectivity index (χ1) is 21.3. The Morgan fingerprint density at radius 3 is 2.86 bits per heavy atom. The minimum Gasteiger partial charge on any atom is -0.473 e. The van der Waals surface area contributed by atoms with E-state index in [1.807, 2.05) is 6.92 Å². The van der Waals surface area contributed by atoms with E-state index < -0.39 is 5.91 Å². The van der Waals surface area contributed by atoms with Crippen molar-refractivity contribution in [3.8, 4) is 29.3 Å². The Morgan fingerprint density at radius 2 is 2.16 bits per heavy atom. The number of likely N-dealkylation sites (tertiary alicyclic amines) is 1. The maximum atomic E-state index is 11.8. The van der Waals surface area contributed by atoms with Crippen molar-refractivity contribution in [2.45, 2.75) is 83.3 Å². The molecule has 0 saturated carbocycles. The predicted molar refractivity (Wildman–Crippen MR) is 166 cm³/mol. The molecule has 1 aliphatic heterocycles. The molecule has 1 aliphatic carbocycles. The first-order valence-corrected chi connectivity index (χ1v) is 16.0. The van der Waals surface area contributed by atoms with Crippen molar-refractivity contribution in [3.05, 3.63) is 51.4 Å². The van der Waals surface area contributed by atoms with Gasteiger partial charge in [0, 0.05) is 34.7 Å². The van der Waals surface area contributed by atoms with E-state index in [1.165, 1.54) is 16.0 Å². The van der Waals surface area contributed by atoms with E-state index in [-0.39, 0.29) is 23.8 Å². The Kier molecular flexibility index (Phi) is 8.38. The number of nitrogens with two attached hydrogens (primary N) is 2. The highest BCUT2D eigenvalue weighted by molar-refractivity contribution is 7.16. The second-order valence-corrected chi connectivity index (χ2v) is 12.8. The number of hydrogen-bond donors (Lipinski definition) is 2. The van der Waals surface area contributed by atoms with E-state index in [4.69, 9.17) is 30.7 Å². The Hall–Kier alpha value is -4.28. The van der Waals surface area contributed by atoms with Gasteiger partial charge >= 0.3 is 0 Å². The molecule has 230 valence electrons. The zero-order valence-electron chi connectivity index (χ0n) is 25.2. The third kappa shape index (κ3) is 5.55. The summed E-state index contributed by atoms with van der Waals surface area (Å²) in [6.45, 7) is 5.21. The van der Waals surface area contributed by atoms with E-state index in [2.05, 4.69) is 35.2 Å². The second-order valence-electron chi connectivity index (χ2n) is 11.6. The number of likely N-dealkylation sites (N-methyl/N-ethyl adjacent to an activating group) is 1. The van der Waals surface area contributed by atoms with Crippen LogP contribution in [0, 0.1) is 11.3 Å². The number of unbranched alkanes of at least 4 members (excludes halogenated alkanes) is 1. The summed E-state index contributed by atoms with van der Waals surface area (Å²) < 4.78 is 14.1. The molecule has 0 radical (unpaired) electrons. The molecule has 44 heavy (non-hydrogen) atoms. The highest BCUT2D eigenvalue weighted by Gasteiger charge is 2.35. The average Bonchev–Trinajstić information content (AvgIpc) is 3.80. The zero-order chi connectivity index (χ0) is 31.0. The topological polar surface area (TPSA) is 175 Å². The molecule has 0 bridgehead atoms. The van der Waals surface area contributed by atoms with Crippen molar-refractivity contribution >= 4 is 22.2 Å². The lowest BCUT2D eigenvalue weighted by atomic mass is 9.81. The van der Waals surface area contributed by atoms with E-state index in [9.17, 15) is 10.1 Å². The number of amides is 1. The highest BCUT2D eigenvalue weighted by atomic mass is 32.1. The van der Waals surface area contributed by atoms with Gasteiger partial charge in [-0.05, 0) is 77.1 Å². The third-order valence-corrected chi connectivity index (χ3v) is 9.82. The first kappa shape index (κ1) is 29.8. The number of fused-ring (bicyclic) bond motifs is 1. The molecule has 4 N–H and O–H groups in total. The smallest absolute Gasteiger partial charge is 0.269 e. The summed E-state index contributed by atoms with van der Waals surface area (Å²) in [5, 5.41) is 19.4. The van der Waals surface area contributed by atoms with Crippen LogP contribution in [-0.2, 0) is 12.8 Å². The van der Waals surface area contributed by atoms with Crippen LogP contribution < -0.4 is 16.2 Å². The fraction of sp³-hybridized carbons (Fsp3) is 0.484. The molecule has 0 spiro atoms. The molecule has 4 aromatic rings. The molecular formula is C31H37N9O3S. The highest BCUT2D eigenvalue weighted by Crippen LogP contribution is 2.47. The van der Waals surface area contributed by atoms with E-state index in [0.717, 1.165) is 73.3 Å². The van der Waals surface area contributed by atoms with Crippen LogP contribution in [-0.4, -0.2) is 61.5 Å². The number of nitrogen functional groups attached to an aromatic ring is 1. The molecule has 3 atom stereocenters. The van der Waals surface area contributed by atoms with Gasteiger partial charge in [-0.15, -0.1) is 11.3 Å². The number of nitriles is 1. The molecule has 6 rings (SSSR count). The molecule has 4 aromatic heterocycles. The van der Waals surface area contributed by atoms with Gasteiger partial charge < -0.3 is 20.7 Å². The summed E-state index contributed by atoms with van der Waals surface area (Å²) in [4.78, 5) is 24.9. The van der Waals surface area contributed by atoms with Crippen LogP contribution in [0.15, 0.2) is 22.9 Å². The largest absolute Gasteiger partial charge is 0.473 e. The lowest BCUT2D eigenvalue weighted by molar-refractivity contribution is 0.0995. The zero-order valence-corrected chi connectivity index (χ0v) is 26.1. The van der Waals surface area contributed by atoms with E-state index >= 15 is 0 Å². The van der Waals surface area contributed by atoms with E-state index in [1.54, 1.807) is 18.3 Å². The average molecular weight is 616 g/mol. The van der Waals surface area contributed by atoms with Gasteiger partial charge in [0.05, 0.1) is 5.56 Å². The number of thiophene rings is 1. The minimum absolute atomic E-state index is 0.123. The predicted octanol–water partition coefficient (Wildman–Crippen LogP) is 4.60. The number of aryl methyl sites for hydroxylation is 1. The van der Waals surface area contributed by atoms with Gasteiger partial charge in [0.25, 0.3) is 5.91 Å². The van der Waals surface area contributed by atoms with Crippen LogP contribution in [0.4, 0.5) is 5.00 Å². The molecule has 5 heterocycles. The van der Waals surface area contributed by atoms with Gasteiger partial charge in [0.15, 0.2) is 17.3 Å². The number of rotatable bonds is 10. The van der Waals surface area contributed by atoms with Gasteiger partial charge in [-0.25, -0.2) is 9.67 Å². The van der Waals surface area contributed by atoms with Gasteiger partial charge in [0.2, 0.25) is 5.88 Å². The third-order valence-electron chi connectivity index (χ3n) is 8.72. The van der Waals surface area contributed by atoms with Crippen molar-refractivity contribution in [2.24, 2.45) is 5.73 Å². The number of carbonyl (C=O) groups is 1. The molecule has 0 aromatic carbocycles. The fourth-order valence-electron chi connectivity index (χ4n) is 6.50. The van der Waals surface area contributed by atoms with Crippen LogP contribution >= 0.6 is 11.3 Å². The lowest BCUT2D eigenvalue weighted by Gasteiger charge is -2.26. The molecule has 1 amide bonds. The first-order valence-electron chi connectivity index (χ1n) is 15.2. The summed E-state index contributed by atoms with van der Waals surface area (Å²) in [5.41, 5.74) is 14.8. The number of primary amides is 1. The normalized spacial score (nSPS) is 19.0. The minimum atomic E-state index is -0.631. The number of hydrogen-bond acceptors (Lipinski definition) is 11. The van der Waals surface area contributed by atoms with Crippen LogP contribution in [0.2, 0.25) is 0 Å². The van der Waals surface area contributed by atoms with Gasteiger partial charge in [-0.3, -0.25) is 9.69 Å². The molecule has 12 nitrogen and oxygen atoms in total. The molecular weight excluding hydrogens is 578 g/mol. The van der Waals surface area contributed by atoms with Crippen molar-refractivity contribution < 1.29 is 14.1 Å². The monoisotopic (exact) mass is 615 g/mol. The maximum absolute atomic E-state index is 11.8. The SMILES string of the molecule is CCCCc1c(-c2nc(O[C@@H](C)[C@@H]3CCCN3C)cc(-n3ccc(C(N)=O)n3)n2)noc1[C@H]1CCCc2sc(N)c(C#N)c21. The van der Waals surface area contributed by atoms with Crippen molar-refractivity contribution in [1.29, 1.82) is 5.26 Å². The number of nitrogens with zero attached hydrogens (tertiary/aromatic N) is 7. The van der Waals surface area contributed by atoms with Crippen molar-refractivity contribution in [3.63, 3.8) is 0 Å². The Balaban J connectivity index is 1.46. The summed E-state index contributed by atoms with van der Waals surface area (Å²) in [6, 6.07) is 5.84. The molecule has 1 saturated heterocycles. The van der Waals surface area contributed by atoms with Gasteiger partial charge in [-0.2, -0.15) is 15.3 Å². The second kappa shape index (κ2) is 12.4. The molecule has 13 heteroatoms. The molecule has 1 fully saturated rings.